The van der Waals surface area contributed by atoms with Crippen molar-refractivity contribution in [3.63, 3.8) is 0 Å². The van der Waals surface area contributed by atoms with E-state index in [1.54, 1.807) is 0 Å². The molecule has 90 valence electrons. The standard InChI is InChI=1S/C14H12BrN3/c1-8-7-12(18-14(15)16-8)13-9(2)17-11-6-4-3-5-10(11)13/h3-7,17H,1-2H3. The first-order valence-electron chi connectivity index (χ1n) is 5.74. The molecule has 1 aromatic carbocycles. The number of aryl methyl sites for hydroxylation is 2. The van der Waals surface area contributed by atoms with Crippen molar-refractivity contribution in [2.75, 3.05) is 0 Å². The van der Waals surface area contributed by atoms with Crippen LogP contribution in [0.2, 0.25) is 0 Å². The molecule has 0 aliphatic heterocycles. The summed E-state index contributed by atoms with van der Waals surface area (Å²) in [5.74, 6) is 0. The maximum Gasteiger partial charge on any atom is 0.197 e. The maximum atomic E-state index is 4.47. The third kappa shape index (κ3) is 1.82. The number of hydrogen-bond donors (Lipinski definition) is 1. The van der Waals surface area contributed by atoms with Gasteiger partial charge in [-0.25, -0.2) is 9.97 Å². The Morgan fingerprint density at radius 3 is 2.67 bits per heavy atom. The Kier molecular flexibility index (Phi) is 2.67. The summed E-state index contributed by atoms with van der Waals surface area (Å²) in [7, 11) is 0. The smallest absolute Gasteiger partial charge is 0.197 e. The normalized spacial score (nSPS) is 11.1. The van der Waals surface area contributed by atoms with Gasteiger partial charge in [0, 0.05) is 27.9 Å². The largest absolute Gasteiger partial charge is 0.358 e. The predicted octanol–water partition coefficient (Wildman–Crippen LogP) is 4.00. The van der Waals surface area contributed by atoms with Gasteiger partial charge in [-0.3, -0.25) is 0 Å². The van der Waals surface area contributed by atoms with Gasteiger partial charge in [-0.1, -0.05) is 18.2 Å². The van der Waals surface area contributed by atoms with Crippen molar-refractivity contribution in [2.45, 2.75) is 13.8 Å². The first-order valence-corrected chi connectivity index (χ1v) is 6.53. The minimum absolute atomic E-state index is 0.627. The molecular formula is C14H12BrN3. The molecule has 18 heavy (non-hydrogen) atoms. The number of fused-ring (bicyclic) bond motifs is 1. The van der Waals surface area contributed by atoms with Gasteiger partial charge in [0.2, 0.25) is 0 Å². The molecule has 2 heterocycles. The zero-order chi connectivity index (χ0) is 12.7. The minimum atomic E-state index is 0.627. The van der Waals surface area contributed by atoms with Crippen LogP contribution in [0.1, 0.15) is 11.4 Å². The Hall–Kier alpha value is -1.68. The molecule has 0 unspecified atom stereocenters. The van der Waals surface area contributed by atoms with Gasteiger partial charge in [0.15, 0.2) is 4.73 Å². The van der Waals surface area contributed by atoms with E-state index in [9.17, 15) is 0 Å². The number of aromatic nitrogens is 3. The SMILES string of the molecule is Cc1cc(-c2c(C)[nH]c3ccccc23)nc(Br)n1. The highest BCUT2D eigenvalue weighted by molar-refractivity contribution is 9.10. The fourth-order valence-corrected chi connectivity index (χ4v) is 2.74. The summed E-state index contributed by atoms with van der Waals surface area (Å²) in [4.78, 5) is 12.1. The molecule has 0 saturated heterocycles. The Morgan fingerprint density at radius 2 is 1.89 bits per heavy atom. The Labute approximate surface area is 113 Å². The molecule has 0 spiro atoms. The van der Waals surface area contributed by atoms with Crippen molar-refractivity contribution < 1.29 is 0 Å². The molecule has 1 N–H and O–H groups in total. The zero-order valence-electron chi connectivity index (χ0n) is 10.2. The Balaban J connectivity index is 2.34. The second-order valence-corrected chi connectivity index (χ2v) is 5.04. The lowest BCUT2D eigenvalue weighted by Crippen LogP contribution is -1.91. The summed E-state index contributed by atoms with van der Waals surface area (Å²) < 4.78 is 0.627. The van der Waals surface area contributed by atoms with Crippen LogP contribution in [-0.2, 0) is 0 Å². The molecule has 3 nitrogen and oxygen atoms in total. The van der Waals surface area contributed by atoms with Crippen molar-refractivity contribution >= 4 is 26.8 Å². The summed E-state index contributed by atoms with van der Waals surface area (Å²) in [5.41, 5.74) is 5.32. The van der Waals surface area contributed by atoms with E-state index in [-0.39, 0.29) is 0 Å². The molecule has 0 bridgehead atoms. The van der Waals surface area contributed by atoms with Gasteiger partial charge >= 0.3 is 0 Å². The van der Waals surface area contributed by atoms with E-state index in [0.717, 1.165) is 28.2 Å². The molecule has 4 heteroatoms. The second-order valence-electron chi connectivity index (χ2n) is 4.33. The third-order valence-electron chi connectivity index (χ3n) is 2.98. The average molecular weight is 302 g/mol. The van der Waals surface area contributed by atoms with Gasteiger partial charge in [0.1, 0.15) is 0 Å². The monoisotopic (exact) mass is 301 g/mol. The quantitative estimate of drug-likeness (QED) is 0.690. The first-order chi connectivity index (χ1) is 8.65. The van der Waals surface area contributed by atoms with Crippen LogP contribution < -0.4 is 0 Å². The van der Waals surface area contributed by atoms with Gasteiger partial charge in [-0.15, -0.1) is 0 Å². The van der Waals surface area contributed by atoms with Gasteiger partial charge in [0.05, 0.1) is 5.69 Å². The number of halogens is 1. The lowest BCUT2D eigenvalue weighted by atomic mass is 10.1. The number of benzene rings is 1. The van der Waals surface area contributed by atoms with Gasteiger partial charge in [-0.2, -0.15) is 0 Å². The van der Waals surface area contributed by atoms with Gasteiger partial charge in [0.25, 0.3) is 0 Å². The minimum Gasteiger partial charge on any atom is -0.358 e. The van der Waals surface area contributed by atoms with Crippen molar-refractivity contribution in [2.24, 2.45) is 0 Å². The van der Waals surface area contributed by atoms with Crippen LogP contribution in [0.3, 0.4) is 0 Å². The molecule has 0 fully saturated rings. The van der Waals surface area contributed by atoms with Crippen LogP contribution >= 0.6 is 15.9 Å². The second kappa shape index (κ2) is 4.21. The molecule has 0 amide bonds. The summed E-state index contributed by atoms with van der Waals surface area (Å²) >= 11 is 3.35. The number of H-pyrrole nitrogens is 1. The predicted molar refractivity (Wildman–Crippen MR) is 76.5 cm³/mol. The van der Waals surface area contributed by atoms with Gasteiger partial charge < -0.3 is 4.98 Å². The molecule has 0 saturated carbocycles. The van der Waals surface area contributed by atoms with Crippen LogP contribution in [-0.4, -0.2) is 15.0 Å². The number of nitrogens with one attached hydrogen (secondary N) is 1. The molecular weight excluding hydrogens is 290 g/mol. The molecule has 0 atom stereocenters. The highest BCUT2D eigenvalue weighted by atomic mass is 79.9. The van der Waals surface area contributed by atoms with Gasteiger partial charge in [-0.05, 0) is 41.9 Å². The van der Waals surface area contributed by atoms with E-state index in [1.165, 1.54) is 5.39 Å². The summed E-state index contributed by atoms with van der Waals surface area (Å²) in [6.07, 6.45) is 0. The average Bonchev–Trinajstić information content (AvgIpc) is 2.63. The fraction of sp³-hybridized carbons (Fsp3) is 0.143. The molecule has 3 aromatic rings. The van der Waals surface area contributed by atoms with Crippen molar-refractivity contribution in [3.8, 4) is 11.3 Å². The summed E-state index contributed by atoms with van der Waals surface area (Å²) in [6, 6.07) is 10.3. The van der Waals surface area contributed by atoms with Crippen LogP contribution in [0.5, 0.6) is 0 Å². The number of para-hydroxylation sites is 1. The highest BCUT2D eigenvalue weighted by Crippen LogP contribution is 2.31. The van der Waals surface area contributed by atoms with E-state index < -0.39 is 0 Å². The van der Waals surface area contributed by atoms with E-state index in [0.29, 0.717) is 4.73 Å². The topological polar surface area (TPSA) is 41.6 Å². The third-order valence-corrected chi connectivity index (χ3v) is 3.33. The van der Waals surface area contributed by atoms with E-state index >= 15 is 0 Å². The van der Waals surface area contributed by atoms with Crippen molar-refractivity contribution in [1.29, 1.82) is 0 Å². The maximum absolute atomic E-state index is 4.47. The van der Waals surface area contributed by atoms with E-state index in [2.05, 4.69) is 49.9 Å². The van der Waals surface area contributed by atoms with Crippen LogP contribution in [0, 0.1) is 13.8 Å². The number of hydrogen-bond acceptors (Lipinski definition) is 2. The number of aromatic amines is 1. The molecule has 0 radical (unpaired) electrons. The van der Waals surface area contributed by atoms with Crippen molar-refractivity contribution in [3.05, 3.63) is 46.5 Å². The van der Waals surface area contributed by atoms with E-state index in [1.807, 2.05) is 25.1 Å². The lowest BCUT2D eigenvalue weighted by Gasteiger charge is -2.03. The van der Waals surface area contributed by atoms with Crippen molar-refractivity contribution in [1.82, 2.24) is 15.0 Å². The lowest BCUT2D eigenvalue weighted by molar-refractivity contribution is 1.06. The first kappa shape index (κ1) is 11.4. The molecule has 0 aliphatic rings. The van der Waals surface area contributed by atoms with Crippen LogP contribution in [0.25, 0.3) is 22.2 Å². The zero-order valence-corrected chi connectivity index (χ0v) is 11.7. The fourth-order valence-electron chi connectivity index (χ4n) is 2.27. The summed E-state index contributed by atoms with van der Waals surface area (Å²) in [5, 5.41) is 1.19. The number of nitrogens with zero attached hydrogens (tertiary/aromatic N) is 2. The molecule has 0 aliphatic carbocycles. The van der Waals surface area contributed by atoms with Crippen LogP contribution in [0.15, 0.2) is 35.1 Å². The Morgan fingerprint density at radius 1 is 1.11 bits per heavy atom. The Bertz CT molecular complexity index is 711. The molecule has 3 rings (SSSR count). The summed E-state index contributed by atoms with van der Waals surface area (Å²) in [6.45, 7) is 4.04. The van der Waals surface area contributed by atoms with E-state index in [4.69, 9.17) is 0 Å². The number of rotatable bonds is 1. The highest BCUT2D eigenvalue weighted by Gasteiger charge is 2.12. The van der Waals surface area contributed by atoms with Crippen LogP contribution in [0.4, 0.5) is 0 Å². The molecule has 2 aromatic heterocycles.